The summed E-state index contributed by atoms with van der Waals surface area (Å²) in [6.45, 7) is 5.58. The number of pyridine rings is 1. The molecule has 1 heterocycles. The van der Waals surface area contributed by atoms with Gasteiger partial charge in [-0.05, 0) is 19.9 Å². The molecule has 0 fully saturated rings. The highest BCUT2D eigenvalue weighted by Gasteiger charge is 2.10. The second-order valence-electron chi connectivity index (χ2n) is 4.25. The molecule has 0 saturated carbocycles. The molecule has 0 unspecified atom stereocenters. The predicted octanol–water partition coefficient (Wildman–Crippen LogP) is 1.67. The van der Waals surface area contributed by atoms with Crippen molar-refractivity contribution in [2.24, 2.45) is 0 Å². The normalized spacial score (nSPS) is 11.6. The van der Waals surface area contributed by atoms with Crippen LogP contribution in [0.25, 0.3) is 0 Å². The summed E-state index contributed by atoms with van der Waals surface area (Å²) >= 11 is 0. The molecule has 0 spiro atoms. The Balaban J connectivity index is 2.56. The van der Waals surface area contributed by atoms with Gasteiger partial charge in [0.15, 0.2) is 0 Å². The standard InChI is InChI=1S/C13H21NO5S/c1-4-17-8-5-9-18-13-6-7-14-12(11(13)2)10-19-20(3,15)16/h6-7H,4-5,8-10H2,1-3H3. The van der Waals surface area contributed by atoms with Crippen LogP contribution in [0.4, 0.5) is 0 Å². The van der Waals surface area contributed by atoms with Crippen molar-refractivity contribution in [1.29, 1.82) is 0 Å². The Bertz CT molecular complexity index is 515. The first-order valence-electron chi connectivity index (χ1n) is 6.43. The number of ether oxygens (including phenoxy) is 2. The molecule has 0 aliphatic carbocycles. The average molecular weight is 303 g/mol. The Morgan fingerprint density at radius 3 is 2.70 bits per heavy atom. The van der Waals surface area contributed by atoms with E-state index < -0.39 is 10.1 Å². The lowest BCUT2D eigenvalue weighted by atomic mass is 10.2. The zero-order valence-electron chi connectivity index (χ0n) is 12.1. The van der Waals surface area contributed by atoms with Crippen molar-refractivity contribution in [3.05, 3.63) is 23.5 Å². The van der Waals surface area contributed by atoms with Crippen molar-refractivity contribution in [2.45, 2.75) is 26.9 Å². The van der Waals surface area contributed by atoms with Gasteiger partial charge in [-0.15, -0.1) is 0 Å². The van der Waals surface area contributed by atoms with Crippen molar-refractivity contribution in [1.82, 2.24) is 4.98 Å². The van der Waals surface area contributed by atoms with Crippen molar-refractivity contribution < 1.29 is 22.1 Å². The highest BCUT2D eigenvalue weighted by Crippen LogP contribution is 2.20. The molecule has 7 heteroatoms. The minimum absolute atomic E-state index is 0.0825. The molecule has 0 amide bonds. The van der Waals surface area contributed by atoms with E-state index in [-0.39, 0.29) is 6.61 Å². The van der Waals surface area contributed by atoms with E-state index in [1.807, 2.05) is 13.8 Å². The molecule has 1 aromatic heterocycles. The molecular weight excluding hydrogens is 282 g/mol. The smallest absolute Gasteiger partial charge is 0.264 e. The van der Waals surface area contributed by atoms with E-state index in [9.17, 15) is 8.42 Å². The summed E-state index contributed by atoms with van der Waals surface area (Å²) < 4.78 is 37.6. The van der Waals surface area contributed by atoms with E-state index >= 15 is 0 Å². The summed E-state index contributed by atoms with van der Waals surface area (Å²) in [5.74, 6) is 0.684. The van der Waals surface area contributed by atoms with Gasteiger partial charge in [0, 0.05) is 31.4 Å². The number of hydrogen-bond acceptors (Lipinski definition) is 6. The van der Waals surface area contributed by atoms with E-state index in [0.717, 1.165) is 18.2 Å². The Labute approximate surface area is 120 Å². The summed E-state index contributed by atoms with van der Waals surface area (Å²) in [4.78, 5) is 4.11. The van der Waals surface area contributed by atoms with Gasteiger partial charge in [-0.25, -0.2) is 0 Å². The van der Waals surface area contributed by atoms with Gasteiger partial charge >= 0.3 is 0 Å². The SMILES string of the molecule is CCOCCCOc1ccnc(COS(C)(=O)=O)c1C. The lowest BCUT2D eigenvalue weighted by Crippen LogP contribution is -2.08. The van der Waals surface area contributed by atoms with Gasteiger partial charge in [0.1, 0.15) is 12.4 Å². The fraction of sp³-hybridized carbons (Fsp3) is 0.615. The zero-order chi connectivity index (χ0) is 15.0. The lowest BCUT2D eigenvalue weighted by Gasteiger charge is -2.11. The van der Waals surface area contributed by atoms with E-state index in [1.165, 1.54) is 0 Å². The fourth-order valence-electron chi connectivity index (χ4n) is 1.51. The monoisotopic (exact) mass is 303 g/mol. The molecule has 0 N–H and O–H groups in total. The van der Waals surface area contributed by atoms with Gasteiger partial charge in [0.05, 0.1) is 18.6 Å². The minimum atomic E-state index is -3.48. The molecule has 0 aliphatic rings. The molecule has 114 valence electrons. The van der Waals surface area contributed by atoms with Crippen LogP contribution in [0.15, 0.2) is 12.3 Å². The van der Waals surface area contributed by atoms with Gasteiger partial charge in [0.25, 0.3) is 10.1 Å². The van der Waals surface area contributed by atoms with Gasteiger partial charge in [-0.3, -0.25) is 9.17 Å². The van der Waals surface area contributed by atoms with Crippen LogP contribution in [0.3, 0.4) is 0 Å². The van der Waals surface area contributed by atoms with Crippen LogP contribution in [0.2, 0.25) is 0 Å². The maximum absolute atomic E-state index is 11.0. The topological polar surface area (TPSA) is 74.7 Å². The molecular formula is C13H21NO5S. The maximum Gasteiger partial charge on any atom is 0.264 e. The zero-order valence-corrected chi connectivity index (χ0v) is 12.9. The first kappa shape index (κ1) is 16.9. The highest BCUT2D eigenvalue weighted by atomic mass is 32.2. The third kappa shape index (κ3) is 6.31. The summed E-state index contributed by atoms with van der Waals surface area (Å²) in [7, 11) is -3.48. The molecule has 1 aromatic rings. The minimum Gasteiger partial charge on any atom is -0.493 e. The van der Waals surface area contributed by atoms with Crippen LogP contribution in [-0.2, 0) is 25.6 Å². The third-order valence-corrected chi connectivity index (χ3v) is 3.11. The van der Waals surface area contributed by atoms with Crippen molar-refractivity contribution in [2.75, 3.05) is 26.1 Å². The van der Waals surface area contributed by atoms with E-state index in [4.69, 9.17) is 13.7 Å². The maximum atomic E-state index is 11.0. The van der Waals surface area contributed by atoms with Crippen LogP contribution < -0.4 is 4.74 Å². The van der Waals surface area contributed by atoms with Crippen molar-refractivity contribution >= 4 is 10.1 Å². The Kier molecular flexibility index (Phi) is 6.90. The second-order valence-corrected chi connectivity index (χ2v) is 5.89. The van der Waals surface area contributed by atoms with Gasteiger partial charge in [0.2, 0.25) is 0 Å². The van der Waals surface area contributed by atoms with Gasteiger partial charge < -0.3 is 9.47 Å². The molecule has 0 bridgehead atoms. The molecule has 0 atom stereocenters. The first-order valence-corrected chi connectivity index (χ1v) is 8.25. The summed E-state index contributed by atoms with van der Waals surface area (Å²) in [6, 6.07) is 1.75. The number of nitrogens with zero attached hydrogens (tertiary/aromatic N) is 1. The van der Waals surface area contributed by atoms with Crippen LogP contribution in [0.5, 0.6) is 5.75 Å². The van der Waals surface area contributed by atoms with E-state index in [1.54, 1.807) is 12.3 Å². The number of hydrogen-bond donors (Lipinski definition) is 0. The molecule has 20 heavy (non-hydrogen) atoms. The summed E-state index contributed by atoms with van der Waals surface area (Å²) in [5.41, 5.74) is 1.34. The average Bonchev–Trinajstić information content (AvgIpc) is 2.38. The van der Waals surface area contributed by atoms with Crippen LogP contribution in [-0.4, -0.2) is 39.5 Å². The van der Waals surface area contributed by atoms with Gasteiger partial charge in [-0.1, -0.05) is 0 Å². The largest absolute Gasteiger partial charge is 0.493 e. The summed E-state index contributed by atoms with van der Waals surface area (Å²) in [5, 5.41) is 0. The lowest BCUT2D eigenvalue weighted by molar-refractivity contribution is 0.130. The number of rotatable bonds is 9. The molecule has 0 saturated heterocycles. The molecule has 1 rings (SSSR count). The Morgan fingerprint density at radius 2 is 2.05 bits per heavy atom. The van der Waals surface area contributed by atoms with Crippen LogP contribution in [0, 0.1) is 6.92 Å². The molecule has 0 aromatic carbocycles. The molecule has 0 aliphatic heterocycles. The van der Waals surface area contributed by atoms with E-state index in [2.05, 4.69) is 4.98 Å². The summed E-state index contributed by atoms with van der Waals surface area (Å²) in [6.07, 6.45) is 3.38. The van der Waals surface area contributed by atoms with E-state index in [0.29, 0.717) is 31.3 Å². The van der Waals surface area contributed by atoms with Crippen LogP contribution in [0.1, 0.15) is 24.6 Å². The fourth-order valence-corrected chi connectivity index (χ4v) is 1.84. The second kappa shape index (κ2) is 8.18. The quantitative estimate of drug-likeness (QED) is 0.510. The van der Waals surface area contributed by atoms with Gasteiger partial charge in [-0.2, -0.15) is 8.42 Å². The van der Waals surface area contributed by atoms with Crippen molar-refractivity contribution in [3.8, 4) is 5.75 Å². The highest BCUT2D eigenvalue weighted by molar-refractivity contribution is 7.85. The number of aromatic nitrogens is 1. The first-order chi connectivity index (χ1) is 9.44. The van der Waals surface area contributed by atoms with Crippen LogP contribution >= 0.6 is 0 Å². The molecule has 6 nitrogen and oxygen atoms in total. The third-order valence-electron chi connectivity index (χ3n) is 2.56. The van der Waals surface area contributed by atoms with Crippen molar-refractivity contribution in [3.63, 3.8) is 0 Å². The Morgan fingerprint density at radius 1 is 1.30 bits per heavy atom. The predicted molar refractivity (Wildman–Crippen MR) is 75.2 cm³/mol. The Hall–Kier alpha value is -1.18. The molecule has 0 radical (unpaired) electrons.